The van der Waals surface area contributed by atoms with Crippen molar-refractivity contribution in [3.8, 4) is 0 Å². The van der Waals surface area contributed by atoms with Gasteiger partial charge in [-0.1, -0.05) is 4.98 Å². The van der Waals surface area contributed by atoms with Crippen LogP contribution in [-0.2, 0) is 22.8 Å². The zero-order chi connectivity index (χ0) is 25.3. The lowest BCUT2D eigenvalue weighted by molar-refractivity contribution is -0.754. The Morgan fingerprint density at radius 3 is 2.37 bits per heavy atom. The number of nitrogens with two attached hydrogens (primary N) is 2. The normalized spacial score (nSPS) is 42.5. The number of nitrogen functional groups attached to an aromatic ring is 2. The summed E-state index contributed by atoms with van der Waals surface area (Å²) in [5.74, 6) is 0.236. The van der Waals surface area contributed by atoms with Crippen LogP contribution < -0.4 is 25.8 Å². The maximum absolute atomic E-state index is 12.2. The SMILES string of the molecule is Nc1cc2c(N)[n+]3cnc2n1[C@H]1C[C@H](O)[C@@H](CO[P+]([O-])(O)O[P+]([O-])(O)OC[C@H]2O[C@@H]3[C@H](O)[C@@H]2O)O1. The van der Waals surface area contributed by atoms with Crippen LogP contribution in [0.25, 0.3) is 11.0 Å². The smallest absolute Gasteiger partial charge is 0.434 e. The van der Waals surface area contributed by atoms with E-state index in [-0.39, 0.29) is 23.7 Å². The van der Waals surface area contributed by atoms with Gasteiger partial charge in [-0.25, -0.2) is 4.57 Å². The number of hydrogen-bond acceptors (Lipinski definition) is 15. The molecule has 6 heterocycles. The van der Waals surface area contributed by atoms with Gasteiger partial charge in [0, 0.05) is 10.7 Å². The van der Waals surface area contributed by atoms with E-state index in [1.54, 1.807) is 0 Å². The number of fused-ring (bicyclic) bond motifs is 7. The highest BCUT2D eigenvalue weighted by Gasteiger charge is 2.52. The van der Waals surface area contributed by atoms with Gasteiger partial charge in [-0.15, -0.1) is 0 Å². The molecule has 8 bridgehead atoms. The van der Waals surface area contributed by atoms with Crippen molar-refractivity contribution in [2.75, 3.05) is 24.7 Å². The summed E-state index contributed by atoms with van der Waals surface area (Å²) in [6, 6.07) is 1.50. The van der Waals surface area contributed by atoms with Crippen LogP contribution in [0.1, 0.15) is 18.9 Å². The molecule has 2 saturated heterocycles. The summed E-state index contributed by atoms with van der Waals surface area (Å²) in [4.78, 5) is 48.4. The lowest BCUT2D eigenvalue weighted by Gasteiger charge is -2.26. The van der Waals surface area contributed by atoms with E-state index in [0.717, 1.165) is 0 Å². The molecule has 0 saturated carbocycles. The van der Waals surface area contributed by atoms with Crippen LogP contribution in [-0.4, -0.2) is 78.4 Å². The van der Waals surface area contributed by atoms with Crippen LogP contribution in [0.15, 0.2) is 12.4 Å². The van der Waals surface area contributed by atoms with E-state index < -0.39 is 72.5 Å². The molecule has 0 amide bonds. The maximum atomic E-state index is 12.2. The third-order valence-electron chi connectivity index (χ3n) is 6.01. The number of aliphatic hydroxyl groups is 3. The zero-order valence-electron chi connectivity index (χ0n) is 17.8. The van der Waals surface area contributed by atoms with Crippen LogP contribution in [0.5, 0.6) is 0 Å². The Morgan fingerprint density at radius 2 is 1.69 bits per heavy atom. The molecule has 4 aliphatic rings. The Labute approximate surface area is 197 Å². The molecule has 2 aromatic heterocycles. The summed E-state index contributed by atoms with van der Waals surface area (Å²) < 4.78 is 27.7. The Bertz CT molecular complexity index is 1120. The number of aliphatic hydroxyl groups excluding tert-OH is 3. The molecule has 35 heavy (non-hydrogen) atoms. The highest BCUT2D eigenvalue weighted by atomic mass is 31.3. The first-order valence-electron chi connectivity index (χ1n) is 10.3. The zero-order valence-corrected chi connectivity index (χ0v) is 19.6. The molecule has 0 aliphatic carbocycles. The second-order valence-corrected chi connectivity index (χ2v) is 11.3. The largest absolute Gasteiger partial charge is 0.603 e. The van der Waals surface area contributed by atoms with E-state index in [2.05, 4.69) is 13.8 Å². The van der Waals surface area contributed by atoms with Crippen molar-refractivity contribution in [1.29, 1.82) is 0 Å². The van der Waals surface area contributed by atoms with Crippen molar-refractivity contribution in [2.45, 2.75) is 49.4 Å². The molecule has 17 nitrogen and oxygen atoms in total. The number of nitrogens with zero attached hydrogens (tertiary/aromatic N) is 3. The first-order valence-corrected chi connectivity index (χ1v) is 13.3. The summed E-state index contributed by atoms with van der Waals surface area (Å²) in [6.07, 6.45) is -7.71. The molecule has 9 N–H and O–H groups in total. The fraction of sp³-hybridized carbons (Fsp3) is 0.625. The average Bonchev–Trinajstić information content (AvgIpc) is 3.38. The molecular formula is C16H24N5O12P2+. The minimum absolute atomic E-state index is 0.00496. The quantitative estimate of drug-likeness (QED) is 0.124. The fourth-order valence-corrected chi connectivity index (χ4v) is 6.40. The van der Waals surface area contributed by atoms with E-state index >= 15 is 0 Å². The lowest BCUT2D eigenvalue weighted by Crippen LogP contribution is -2.48. The average molecular weight is 540 g/mol. The Kier molecular flexibility index (Phi) is 6.40. The predicted molar refractivity (Wildman–Crippen MR) is 110 cm³/mol. The van der Waals surface area contributed by atoms with Gasteiger partial charge in [-0.05, 0) is 6.07 Å². The van der Waals surface area contributed by atoms with Crippen LogP contribution in [0.4, 0.5) is 11.6 Å². The molecule has 0 aromatic carbocycles. The molecule has 19 heteroatoms. The minimum atomic E-state index is -5.20. The van der Waals surface area contributed by atoms with Crippen molar-refractivity contribution >= 4 is 39.0 Å². The van der Waals surface area contributed by atoms with Crippen LogP contribution in [0, 0.1) is 0 Å². The van der Waals surface area contributed by atoms with Crippen molar-refractivity contribution < 1.29 is 62.3 Å². The minimum Gasteiger partial charge on any atom is -0.603 e. The fourth-order valence-electron chi connectivity index (χ4n) is 4.31. The third kappa shape index (κ3) is 4.58. The lowest BCUT2D eigenvalue weighted by atomic mass is 10.1. The molecule has 0 radical (unpaired) electrons. The van der Waals surface area contributed by atoms with Gasteiger partial charge in [0.2, 0.25) is 24.0 Å². The number of anilines is 2. The molecule has 0 spiro atoms. The molecular weight excluding hydrogens is 516 g/mol. The topological polar surface area (TPSA) is 267 Å². The van der Waals surface area contributed by atoms with Gasteiger partial charge in [-0.3, -0.25) is 4.57 Å². The van der Waals surface area contributed by atoms with Crippen molar-refractivity contribution in [3.05, 3.63) is 12.4 Å². The van der Waals surface area contributed by atoms with Gasteiger partial charge < -0.3 is 46.0 Å². The number of phosphoric ester groups is 2. The van der Waals surface area contributed by atoms with Gasteiger partial charge in [0.15, 0.2) is 0 Å². The van der Waals surface area contributed by atoms with Gasteiger partial charge in [0.1, 0.15) is 55.1 Å². The van der Waals surface area contributed by atoms with E-state index in [1.165, 1.54) is 21.5 Å². The Balaban J connectivity index is 1.56. The third-order valence-corrected chi connectivity index (χ3v) is 8.61. The summed E-state index contributed by atoms with van der Waals surface area (Å²) in [7, 11) is -10.4. The molecule has 6 rings (SSSR count). The summed E-state index contributed by atoms with van der Waals surface area (Å²) in [5, 5.41) is 31.6. The second-order valence-electron chi connectivity index (χ2n) is 8.30. The number of hydrogen-bond donors (Lipinski definition) is 7. The second kappa shape index (κ2) is 8.86. The molecule has 9 atom stereocenters. The number of phosphoric acid groups is 2. The first kappa shape index (κ1) is 25.3. The molecule has 194 valence electrons. The van der Waals surface area contributed by atoms with Crippen molar-refractivity contribution in [2.24, 2.45) is 0 Å². The summed E-state index contributed by atoms with van der Waals surface area (Å²) >= 11 is 0. The Morgan fingerprint density at radius 1 is 1.03 bits per heavy atom. The molecule has 2 unspecified atom stereocenters. The van der Waals surface area contributed by atoms with Crippen LogP contribution in [0.3, 0.4) is 0 Å². The van der Waals surface area contributed by atoms with E-state index in [9.17, 15) is 34.9 Å². The summed E-state index contributed by atoms with van der Waals surface area (Å²) in [5.41, 5.74) is 12.7. The maximum Gasteiger partial charge on any atom is 0.434 e. The summed E-state index contributed by atoms with van der Waals surface area (Å²) in [6.45, 7) is -1.49. The van der Waals surface area contributed by atoms with Gasteiger partial charge in [-0.2, -0.15) is 18.8 Å². The standard InChI is InChI=1S/C16H23N5O12P2/c17-10-1-6-14(18)20-5-19-15(6)21(10)11-2-7(22)8(31-11)3-29-34(25,26)33-35(27,28)30-4-9-12(23)13(24)16(20)32-9/h1,5,7-9,11-13,16,18,22-24H,2-4,17H2,(H2,25,26,27,28)/p+1/t7-,8+,9+,11+,12+,13+,16+/m0/s1. The number of ether oxygens (including phenoxy) is 2. The monoisotopic (exact) mass is 540 g/mol. The predicted octanol–water partition coefficient (Wildman–Crippen LogP) is -4.12. The van der Waals surface area contributed by atoms with Crippen molar-refractivity contribution in [1.82, 2.24) is 9.55 Å². The highest BCUT2D eigenvalue weighted by Crippen LogP contribution is 2.65. The van der Waals surface area contributed by atoms with Gasteiger partial charge in [0.25, 0.3) is 0 Å². The van der Waals surface area contributed by atoms with Gasteiger partial charge >= 0.3 is 16.3 Å². The van der Waals surface area contributed by atoms with Crippen LogP contribution >= 0.6 is 16.3 Å². The molecule has 2 aromatic rings. The molecule has 2 fully saturated rings. The van der Waals surface area contributed by atoms with E-state index in [1.807, 2.05) is 0 Å². The van der Waals surface area contributed by atoms with Crippen molar-refractivity contribution in [3.63, 3.8) is 0 Å². The molecule has 4 aliphatic heterocycles. The number of aromatic nitrogens is 3. The van der Waals surface area contributed by atoms with Crippen LogP contribution in [0.2, 0.25) is 0 Å². The highest BCUT2D eigenvalue weighted by molar-refractivity contribution is 7.66. The van der Waals surface area contributed by atoms with E-state index in [4.69, 9.17) is 25.5 Å². The first-order chi connectivity index (χ1) is 16.4. The Hall–Kier alpha value is -1.40. The van der Waals surface area contributed by atoms with E-state index in [0.29, 0.717) is 5.39 Å². The van der Waals surface area contributed by atoms with Gasteiger partial charge in [0.05, 0.1) is 6.10 Å². The number of rotatable bonds is 0.